The van der Waals surface area contributed by atoms with Gasteiger partial charge in [-0.25, -0.2) is 9.37 Å². The van der Waals surface area contributed by atoms with Crippen molar-refractivity contribution in [3.63, 3.8) is 0 Å². The average molecular weight is 219 g/mol. The molecule has 2 N–H and O–H groups in total. The zero-order valence-electron chi connectivity index (χ0n) is 9.05. The number of halogens is 1. The topological polar surface area (TPSA) is 43.8 Å². The second kappa shape index (κ2) is 4.45. The molecule has 0 bridgehead atoms. The summed E-state index contributed by atoms with van der Waals surface area (Å²) in [7, 11) is 0. The van der Waals surface area contributed by atoms with Crippen LogP contribution in [0.4, 0.5) is 4.39 Å². The molecule has 84 valence electrons. The molecule has 1 aromatic carbocycles. The zero-order chi connectivity index (χ0) is 11.5. The highest BCUT2D eigenvalue weighted by Gasteiger charge is 2.17. The van der Waals surface area contributed by atoms with E-state index in [0.717, 1.165) is 5.56 Å². The van der Waals surface area contributed by atoms with Crippen LogP contribution in [-0.4, -0.2) is 15.6 Å². The summed E-state index contributed by atoms with van der Waals surface area (Å²) in [5.41, 5.74) is 6.79. The van der Waals surface area contributed by atoms with Crippen molar-refractivity contribution in [1.29, 1.82) is 0 Å². The molecule has 2 aromatic rings. The molecule has 0 fully saturated rings. The third kappa shape index (κ3) is 2.12. The van der Waals surface area contributed by atoms with Crippen LogP contribution in [0, 0.1) is 5.82 Å². The molecule has 0 aliphatic rings. The molecular weight excluding hydrogens is 205 g/mol. The Bertz CT molecular complexity index is 451. The van der Waals surface area contributed by atoms with Crippen molar-refractivity contribution < 1.29 is 4.39 Å². The number of imidazole rings is 1. The zero-order valence-corrected chi connectivity index (χ0v) is 9.05. The molecule has 3 nitrogen and oxygen atoms in total. The summed E-state index contributed by atoms with van der Waals surface area (Å²) in [6, 6.07) is 6.30. The standard InChI is InChI=1S/C12H14FN3/c1-9(14)12(16-6-5-15-8-16)10-3-2-4-11(13)7-10/h2-9,12H,14H2,1H3. The molecule has 0 aliphatic carbocycles. The quantitative estimate of drug-likeness (QED) is 0.857. The van der Waals surface area contributed by atoms with E-state index in [2.05, 4.69) is 4.98 Å². The largest absolute Gasteiger partial charge is 0.328 e. The predicted octanol–water partition coefficient (Wildman–Crippen LogP) is 1.96. The van der Waals surface area contributed by atoms with E-state index < -0.39 is 0 Å². The molecule has 0 saturated heterocycles. The lowest BCUT2D eigenvalue weighted by Crippen LogP contribution is -2.29. The monoisotopic (exact) mass is 219 g/mol. The summed E-state index contributed by atoms with van der Waals surface area (Å²) in [6.45, 7) is 1.90. The lowest BCUT2D eigenvalue weighted by Gasteiger charge is -2.22. The summed E-state index contributed by atoms with van der Waals surface area (Å²) in [4.78, 5) is 3.99. The molecule has 2 atom stereocenters. The summed E-state index contributed by atoms with van der Waals surface area (Å²) < 4.78 is 15.1. The van der Waals surface area contributed by atoms with Crippen molar-refractivity contribution in [2.24, 2.45) is 5.73 Å². The fourth-order valence-electron chi connectivity index (χ4n) is 1.87. The SMILES string of the molecule is CC(N)C(c1cccc(F)c1)n1ccnc1. The van der Waals surface area contributed by atoms with Crippen LogP contribution in [0.1, 0.15) is 18.5 Å². The summed E-state index contributed by atoms with van der Waals surface area (Å²) in [5, 5.41) is 0. The maximum absolute atomic E-state index is 13.2. The van der Waals surface area contributed by atoms with Crippen LogP contribution in [0.2, 0.25) is 0 Å². The Balaban J connectivity index is 2.41. The first-order chi connectivity index (χ1) is 7.68. The molecule has 2 rings (SSSR count). The predicted molar refractivity (Wildman–Crippen MR) is 60.4 cm³/mol. The van der Waals surface area contributed by atoms with Crippen LogP contribution in [0.15, 0.2) is 43.0 Å². The Hall–Kier alpha value is -1.68. The fraction of sp³-hybridized carbons (Fsp3) is 0.250. The van der Waals surface area contributed by atoms with Gasteiger partial charge in [-0.2, -0.15) is 0 Å². The smallest absolute Gasteiger partial charge is 0.123 e. The Morgan fingerprint density at radius 1 is 1.44 bits per heavy atom. The van der Waals surface area contributed by atoms with Crippen LogP contribution in [0.25, 0.3) is 0 Å². The van der Waals surface area contributed by atoms with Crippen molar-refractivity contribution in [2.45, 2.75) is 19.0 Å². The van der Waals surface area contributed by atoms with Gasteiger partial charge in [-0.05, 0) is 24.6 Å². The van der Waals surface area contributed by atoms with Gasteiger partial charge in [-0.3, -0.25) is 0 Å². The van der Waals surface area contributed by atoms with E-state index in [1.807, 2.05) is 23.8 Å². The molecule has 4 heteroatoms. The Kier molecular flexibility index (Phi) is 3.01. The molecule has 0 saturated carbocycles. The van der Waals surface area contributed by atoms with Crippen molar-refractivity contribution in [3.05, 3.63) is 54.4 Å². The second-order valence-corrected chi connectivity index (χ2v) is 3.87. The van der Waals surface area contributed by atoms with Crippen molar-refractivity contribution >= 4 is 0 Å². The lowest BCUT2D eigenvalue weighted by molar-refractivity contribution is 0.492. The number of benzene rings is 1. The molecule has 2 unspecified atom stereocenters. The molecule has 1 aromatic heterocycles. The van der Waals surface area contributed by atoms with Gasteiger partial charge in [0.15, 0.2) is 0 Å². The molecular formula is C12H14FN3. The van der Waals surface area contributed by atoms with Gasteiger partial charge in [0.1, 0.15) is 5.82 Å². The fourth-order valence-corrected chi connectivity index (χ4v) is 1.87. The molecule has 0 amide bonds. The minimum Gasteiger partial charge on any atom is -0.328 e. The Labute approximate surface area is 93.7 Å². The highest BCUT2D eigenvalue weighted by atomic mass is 19.1. The maximum atomic E-state index is 13.2. The number of nitrogens with two attached hydrogens (primary N) is 1. The van der Waals surface area contributed by atoms with Gasteiger partial charge in [0, 0.05) is 18.4 Å². The highest BCUT2D eigenvalue weighted by molar-refractivity contribution is 5.22. The minimum absolute atomic E-state index is 0.0850. The van der Waals surface area contributed by atoms with Gasteiger partial charge in [-0.1, -0.05) is 12.1 Å². The molecule has 0 radical (unpaired) electrons. The van der Waals surface area contributed by atoms with E-state index in [4.69, 9.17) is 5.73 Å². The summed E-state index contributed by atoms with van der Waals surface area (Å²) in [5.74, 6) is -0.247. The van der Waals surface area contributed by atoms with Crippen molar-refractivity contribution in [1.82, 2.24) is 9.55 Å². The van der Waals surface area contributed by atoms with Crippen molar-refractivity contribution in [3.8, 4) is 0 Å². The van der Waals surface area contributed by atoms with Crippen LogP contribution in [-0.2, 0) is 0 Å². The first-order valence-electron chi connectivity index (χ1n) is 5.17. The third-order valence-corrected chi connectivity index (χ3v) is 2.53. The minimum atomic E-state index is -0.247. The molecule has 16 heavy (non-hydrogen) atoms. The second-order valence-electron chi connectivity index (χ2n) is 3.87. The average Bonchev–Trinajstić information content (AvgIpc) is 2.71. The van der Waals surface area contributed by atoms with Gasteiger partial charge in [0.25, 0.3) is 0 Å². The van der Waals surface area contributed by atoms with E-state index >= 15 is 0 Å². The first kappa shape index (κ1) is 10.8. The maximum Gasteiger partial charge on any atom is 0.123 e. The van der Waals surface area contributed by atoms with E-state index in [1.54, 1.807) is 18.6 Å². The van der Waals surface area contributed by atoms with E-state index in [0.29, 0.717) is 0 Å². The summed E-state index contributed by atoms with van der Waals surface area (Å²) in [6.07, 6.45) is 5.21. The first-order valence-corrected chi connectivity index (χ1v) is 5.17. The van der Waals surface area contributed by atoms with Crippen LogP contribution in [0.3, 0.4) is 0 Å². The van der Waals surface area contributed by atoms with Gasteiger partial charge in [0.2, 0.25) is 0 Å². The molecule has 0 spiro atoms. The van der Waals surface area contributed by atoms with Crippen LogP contribution < -0.4 is 5.73 Å². The number of hydrogen-bond donors (Lipinski definition) is 1. The van der Waals surface area contributed by atoms with Gasteiger partial charge < -0.3 is 10.3 Å². The van der Waals surface area contributed by atoms with Crippen LogP contribution in [0.5, 0.6) is 0 Å². The van der Waals surface area contributed by atoms with Gasteiger partial charge >= 0.3 is 0 Å². The molecule has 0 aliphatic heterocycles. The van der Waals surface area contributed by atoms with E-state index in [1.165, 1.54) is 12.1 Å². The normalized spacial score (nSPS) is 14.7. The third-order valence-electron chi connectivity index (χ3n) is 2.53. The molecule has 1 heterocycles. The van der Waals surface area contributed by atoms with Crippen LogP contribution >= 0.6 is 0 Å². The van der Waals surface area contributed by atoms with E-state index in [-0.39, 0.29) is 17.9 Å². The number of rotatable bonds is 3. The number of aromatic nitrogens is 2. The van der Waals surface area contributed by atoms with Gasteiger partial charge in [-0.15, -0.1) is 0 Å². The van der Waals surface area contributed by atoms with Gasteiger partial charge in [0.05, 0.1) is 12.4 Å². The number of hydrogen-bond acceptors (Lipinski definition) is 2. The van der Waals surface area contributed by atoms with E-state index in [9.17, 15) is 4.39 Å². The van der Waals surface area contributed by atoms with Crippen molar-refractivity contribution in [2.75, 3.05) is 0 Å². The Morgan fingerprint density at radius 3 is 2.81 bits per heavy atom. The Morgan fingerprint density at radius 2 is 2.25 bits per heavy atom. The highest BCUT2D eigenvalue weighted by Crippen LogP contribution is 2.21. The number of nitrogens with zero attached hydrogens (tertiary/aromatic N) is 2. The lowest BCUT2D eigenvalue weighted by atomic mass is 10.0. The summed E-state index contributed by atoms with van der Waals surface area (Å²) >= 11 is 0.